The maximum absolute atomic E-state index is 6.22. The van der Waals surface area contributed by atoms with Crippen LogP contribution < -0.4 is 15.0 Å². The monoisotopic (exact) mass is 240 g/mol. The predicted octanol–water partition coefficient (Wildman–Crippen LogP) is 2.15. The van der Waals surface area contributed by atoms with Crippen LogP contribution in [0.4, 0.5) is 5.69 Å². The molecule has 16 heavy (non-hydrogen) atoms. The summed E-state index contributed by atoms with van der Waals surface area (Å²) in [4.78, 5) is 2.31. The summed E-state index contributed by atoms with van der Waals surface area (Å²) in [6, 6.07) is 5.80. The molecular formula is C12H17ClN2O. The Kier molecular flexibility index (Phi) is 3.91. The van der Waals surface area contributed by atoms with E-state index in [1.54, 1.807) is 7.11 Å². The zero-order chi connectivity index (χ0) is 11.4. The Labute approximate surface area is 101 Å². The predicted molar refractivity (Wildman–Crippen MR) is 67.7 cm³/mol. The van der Waals surface area contributed by atoms with Gasteiger partial charge in [-0.05, 0) is 25.1 Å². The standard InChI is InChI=1S/C12H17ClN2O/c1-16-10-3-4-11(13)12(9-10)15-7-2-5-14-6-8-15/h3-4,9,14H,2,5-8H2,1H3. The van der Waals surface area contributed by atoms with E-state index in [4.69, 9.17) is 16.3 Å². The van der Waals surface area contributed by atoms with Crippen LogP contribution in [0.5, 0.6) is 5.75 Å². The minimum Gasteiger partial charge on any atom is -0.497 e. The van der Waals surface area contributed by atoms with E-state index < -0.39 is 0 Å². The molecule has 1 saturated heterocycles. The lowest BCUT2D eigenvalue weighted by Gasteiger charge is -2.23. The molecule has 0 radical (unpaired) electrons. The van der Waals surface area contributed by atoms with Gasteiger partial charge in [-0.2, -0.15) is 0 Å². The van der Waals surface area contributed by atoms with Gasteiger partial charge in [0.1, 0.15) is 5.75 Å². The Morgan fingerprint density at radius 3 is 3.00 bits per heavy atom. The summed E-state index contributed by atoms with van der Waals surface area (Å²) in [5.74, 6) is 0.858. The van der Waals surface area contributed by atoms with E-state index in [1.807, 2.05) is 18.2 Å². The molecule has 4 heteroatoms. The molecule has 1 aromatic carbocycles. The van der Waals surface area contributed by atoms with Crippen molar-refractivity contribution < 1.29 is 4.74 Å². The lowest BCUT2D eigenvalue weighted by atomic mass is 10.2. The Hall–Kier alpha value is -0.930. The maximum Gasteiger partial charge on any atom is 0.121 e. The third kappa shape index (κ3) is 2.60. The van der Waals surface area contributed by atoms with Gasteiger partial charge in [0, 0.05) is 25.7 Å². The fraction of sp³-hybridized carbons (Fsp3) is 0.500. The van der Waals surface area contributed by atoms with Crippen molar-refractivity contribution in [3.63, 3.8) is 0 Å². The second-order valence-electron chi connectivity index (χ2n) is 3.91. The molecule has 0 unspecified atom stereocenters. The van der Waals surface area contributed by atoms with E-state index in [2.05, 4.69) is 10.2 Å². The highest BCUT2D eigenvalue weighted by Gasteiger charge is 2.13. The average Bonchev–Trinajstić information content (AvgIpc) is 2.58. The molecule has 1 heterocycles. The third-order valence-corrected chi connectivity index (χ3v) is 3.15. The molecule has 1 N–H and O–H groups in total. The number of nitrogens with zero attached hydrogens (tertiary/aromatic N) is 1. The summed E-state index contributed by atoms with van der Waals surface area (Å²) in [7, 11) is 1.68. The van der Waals surface area contributed by atoms with Crippen LogP contribution in [0.2, 0.25) is 5.02 Å². The first kappa shape index (κ1) is 11.6. The van der Waals surface area contributed by atoms with Crippen LogP contribution in [-0.2, 0) is 0 Å². The molecule has 0 spiro atoms. The van der Waals surface area contributed by atoms with Crippen LogP contribution in [0.15, 0.2) is 18.2 Å². The number of hydrogen-bond acceptors (Lipinski definition) is 3. The molecule has 0 atom stereocenters. The van der Waals surface area contributed by atoms with Gasteiger partial charge in [-0.25, -0.2) is 0 Å². The molecular weight excluding hydrogens is 224 g/mol. The van der Waals surface area contributed by atoms with E-state index in [9.17, 15) is 0 Å². The van der Waals surface area contributed by atoms with E-state index in [-0.39, 0.29) is 0 Å². The molecule has 1 fully saturated rings. The van der Waals surface area contributed by atoms with Crippen LogP contribution in [0.1, 0.15) is 6.42 Å². The van der Waals surface area contributed by atoms with E-state index in [0.717, 1.165) is 49.1 Å². The summed E-state index contributed by atoms with van der Waals surface area (Å²) >= 11 is 6.22. The zero-order valence-corrected chi connectivity index (χ0v) is 10.3. The van der Waals surface area contributed by atoms with Gasteiger partial charge in [-0.15, -0.1) is 0 Å². The molecule has 0 aromatic heterocycles. The molecule has 0 bridgehead atoms. The maximum atomic E-state index is 6.22. The Bertz CT molecular complexity index is 349. The van der Waals surface area contributed by atoms with Gasteiger partial charge in [0.2, 0.25) is 0 Å². The second kappa shape index (κ2) is 5.41. The van der Waals surface area contributed by atoms with E-state index in [1.165, 1.54) is 0 Å². The van der Waals surface area contributed by atoms with Crippen LogP contribution in [-0.4, -0.2) is 33.3 Å². The minimum absolute atomic E-state index is 0.794. The fourth-order valence-corrected chi connectivity index (χ4v) is 2.19. The Morgan fingerprint density at radius 2 is 2.19 bits per heavy atom. The Balaban J connectivity index is 2.22. The number of anilines is 1. The average molecular weight is 241 g/mol. The topological polar surface area (TPSA) is 24.5 Å². The summed E-state index contributed by atoms with van der Waals surface area (Å²) in [5.41, 5.74) is 1.07. The minimum atomic E-state index is 0.794. The molecule has 0 aliphatic carbocycles. The zero-order valence-electron chi connectivity index (χ0n) is 9.50. The molecule has 1 aromatic rings. The number of rotatable bonds is 2. The largest absolute Gasteiger partial charge is 0.497 e. The summed E-state index contributed by atoms with van der Waals surface area (Å²) < 4.78 is 5.23. The highest BCUT2D eigenvalue weighted by molar-refractivity contribution is 6.33. The van der Waals surface area contributed by atoms with Crippen molar-refractivity contribution in [2.45, 2.75) is 6.42 Å². The molecule has 2 rings (SSSR count). The lowest BCUT2D eigenvalue weighted by Crippen LogP contribution is -2.28. The quantitative estimate of drug-likeness (QED) is 0.858. The number of benzene rings is 1. The van der Waals surface area contributed by atoms with Crippen molar-refractivity contribution in [1.82, 2.24) is 5.32 Å². The summed E-state index contributed by atoms with van der Waals surface area (Å²) in [5, 5.41) is 4.17. The number of methoxy groups -OCH3 is 1. The van der Waals surface area contributed by atoms with Crippen LogP contribution in [0.25, 0.3) is 0 Å². The first-order valence-electron chi connectivity index (χ1n) is 5.60. The smallest absolute Gasteiger partial charge is 0.121 e. The summed E-state index contributed by atoms with van der Waals surface area (Å²) in [6.45, 7) is 4.12. The first-order chi connectivity index (χ1) is 7.81. The van der Waals surface area contributed by atoms with Crippen molar-refractivity contribution in [2.24, 2.45) is 0 Å². The van der Waals surface area contributed by atoms with Crippen molar-refractivity contribution in [2.75, 3.05) is 38.2 Å². The van der Waals surface area contributed by atoms with Gasteiger partial charge in [0.05, 0.1) is 17.8 Å². The van der Waals surface area contributed by atoms with Crippen molar-refractivity contribution in [1.29, 1.82) is 0 Å². The van der Waals surface area contributed by atoms with Crippen molar-refractivity contribution in [3.8, 4) is 5.75 Å². The van der Waals surface area contributed by atoms with Crippen molar-refractivity contribution in [3.05, 3.63) is 23.2 Å². The van der Waals surface area contributed by atoms with Gasteiger partial charge >= 0.3 is 0 Å². The molecule has 3 nitrogen and oxygen atoms in total. The number of ether oxygens (including phenoxy) is 1. The van der Waals surface area contributed by atoms with E-state index in [0.29, 0.717) is 0 Å². The normalized spacial score (nSPS) is 17.0. The SMILES string of the molecule is COc1ccc(Cl)c(N2CCCNCC2)c1. The third-order valence-electron chi connectivity index (χ3n) is 2.83. The van der Waals surface area contributed by atoms with Gasteiger partial charge in [0.15, 0.2) is 0 Å². The van der Waals surface area contributed by atoms with Gasteiger partial charge in [0.25, 0.3) is 0 Å². The molecule has 0 amide bonds. The number of nitrogens with one attached hydrogen (secondary N) is 1. The molecule has 88 valence electrons. The fourth-order valence-electron chi connectivity index (χ4n) is 1.95. The Morgan fingerprint density at radius 1 is 1.31 bits per heavy atom. The molecule has 1 aliphatic heterocycles. The van der Waals surface area contributed by atoms with Gasteiger partial charge in [-0.1, -0.05) is 11.6 Å². The highest BCUT2D eigenvalue weighted by atomic mass is 35.5. The lowest BCUT2D eigenvalue weighted by molar-refractivity contribution is 0.415. The number of hydrogen-bond donors (Lipinski definition) is 1. The first-order valence-corrected chi connectivity index (χ1v) is 5.98. The van der Waals surface area contributed by atoms with Crippen LogP contribution >= 0.6 is 11.6 Å². The molecule has 1 aliphatic rings. The second-order valence-corrected chi connectivity index (χ2v) is 4.32. The highest BCUT2D eigenvalue weighted by Crippen LogP contribution is 2.30. The number of halogens is 1. The molecule has 0 saturated carbocycles. The van der Waals surface area contributed by atoms with Gasteiger partial charge < -0.3 is 15.0 Å². The van der Waals surface area contributed by atoms with Crippen molar-refractivity contribution >= 4 is 17.3 Å². The van der Waals surface area contributed by atoms with Crippen LogP contribution in [0, 0.1) is 0 Å². The van der Waals surface area contributed by atoms with Gasteiger partial charge in [-0.3, -0.25) is 0 Å². The summed E-state index contributed by atoms with van der Waals surface area (Å²) in [6.07, 6.45) is 1.15. The van der Waals surface area contributed by atoms with E-state index >= 15 is 0 Å². The van der Waals surface area contributed by atoms with Crippen LogP contribution in [0.3, 0.4) is 0 Å².